The normalized spacial score (nSPS) is 9.81. The van der Waals surface area contributed by atoms with E-state index in [2.05, 4.69) is 10.6 Å². The van der Waals surface area contributed by atoms with E-state index < -0.39 is 24.5 Å². The Kier molecular flexibility index (Phi) is 6.92. The Hall–Kier alpha value is -1.84. The van der Waals surface area contributed by atoms with Crippen molar-refractivity contribution in [2.24, 2.45) is 0 Å². The second kappa shape index (κ2) is 8.45. The number of carbonyl (C=O) groups excluding carboxylic acids is 2. The number of amides is 3. The first-order chi connectivity index (χ1) is 9.93. The molecule has 114 valence electrons. The van der Waals surface area contributed by atoms with E-state index in [0.717, 1.165) is 9.99 Å². The van der Waals surface area contributed by atoms with Gasteiger partial charge in [-0.05, 0) is 47.2 Å². The highest BCUT2D eigenvalue weighted by molar-refractivity contribution is 14.1. The topological polar surface area (TPSA) is 105 Å². The van der Waals surface area contributed by atoms with Crippen LogP contribution in [0.4, 0.5) is 4.79 Å². The monoisotopic (exact) mass is 406 g/mol. The molecule has 21 heavy (non-hydrogen) atoms. The number of benzene rings is 1. The zero-order chi connectivity index (χ0) is 15.8. The number of carboxylic acids is 1. The maximum absolute atomic E-state index is 11.5. The zero-order valence-electron chi connectivity index (χ0n) is 11.3. The van der Waals surface area contributed by atoms with E-state index in [0.29, 0.717) is 6.54 Å². The summed E-state index contributed by atoms with van der Waals surface area (Å²) in [4.78, 5) is 33.8. The van der Waals surface area contributed by atoms with Crippen LogP contribution in [0.5, 0.6) is 5.75 Å². The minimum absolute atomic E-state index is 0.0369. The fourth-order valence-corrected chi connectivity index (χ4v) is 1.88. The Labute approximate surface area is 135 Å². The third-order valence-corrected chi connectivity index (χ3v) is 2.99. The van der Waals surface area contributed by atoms with Gasteiger partial charge < -0.3 is 15.2 Å². The third-order valence-electron chi connectivity index (χ3n) is 2.32. The summed E-state index contributed by atoms with van der Waals surface area (Å²) >= 11 is 1.97. The summed E-state index contributed by atoms with van der Waals surface area (Å²) in [5.74, 6) is -1.73. The second-order valence-electron chi connectivity index (χ2n) is 4.04. The van der Waals surface area contributed by atoms with Gasteiger partial charge in [0.1, 0.15) is 11.3 Å². The number of rotatable bonds is 6. The van der Waals surface area contributed by atoms with Gasteiger partial charge in [0.25, 0.3) is 5.91 Å². The van der Waals surface area contributed by atoms with E-state index in [-0.39, 0.29) is 11.3 Å². The molecule has 0 unspecified atom stereocenters. The van der Waals surface area contributed by atoms with Gasteiger partial charge in [0, 0.05) is 10.1 Å². The molecule has 3 N–H and O–H groups in total. The van der Waals surface area contributed by atoms with Crippen LogP contribution in [-0.2, 0) is 4.79 Å². The van der Waals surface area contributed by atoms with Crippen LogP contribution in [0.1, 0.15) is 23.7 Å². The molecular weight excluding hydrogens is 391 g/mol. The smallest absolute Gasteiger partial charge is 0.339 e. The average molecular weight is 406 g/mol. The third kappa shape index (κ3) is 5.98. The summed E-state index contributed by atoms with van der Waals surface area (Å²) in [7, 11) is 0. The molecule has 7 nitrogen and oxygen atoms in total. The van der Waals surface area contributed by atoms with Gasteiger partial charge >= 0.3 is 12.0 Å². The lowest BCUT2D eigenvalue weighted by Gasteiger charge is -2.10. The molecule has 0 aliphatic rings. The standard InChI is InChI=1S/C13H15IN2O5/c1-2-5-15-13(20)16-11(17)7-21-10-4-3-8(14)6-9(10)12(18)19/h3-4,6H,2,5,7H2,1H3,(H,18,19)(H2,15,16,17,20). The molecule has 1 aromatic carbocycles. The highest BCUT2D eigenvalue weighted by Gasteiger charge is 2.14. The van der Waals surface area contributed by atoms with Crippen LogP contribution in [-0.4, -0.2) is 36.2 Å². The summed E-state index contributed by atoms with van der Waals surface area (Å²) in [6, 6.07) is 3.96. The first-order valence-electron chi connectivity index (χ1n) is 6.17. The number of nitrogens with one attached hydrogen (secondary N) is 2. The molecule has 0 bridgehead atoms. The SMILES string of the molecule is CCCNC(=O)NC(=O)COc1ccc(I)cc1C(=O)O. The fraction of sp³-hybridized carbons (Fsp3) is 0.308. The van der Waals surface area contributed by atoms with Gasteiger partial charge in [-0.3, -0.25) is 10.1 Å². The Morgan fingerprint density at radius 2 is 2.05 bits per heavy atom. The van der Waals surface area contributed by atoms with Crippen molar-refractivity contribution in [1.82, 2.24) is 10.6 Å². The molecule has 1 rings (SSSR count). The van der Waals surface area contributed by atoms with E-state index in [1.54, 1.807) is 6.07 Å². The van der Waals surface area contributed by atoms with Gasteiger partial charge in [0.2, 0.25) is 0 Å². The molecule has 8 heteroatoms. The van der Waals surface area contributed by atoms with Crippen LogP contribution in [0.25, 0.3) is 0 Å². The van der Waals surface area contributed by atoms with E-state index in [9.17, 15) is 14.4 Å². The Bertz CT molecular complexity index is 547. The molecule has 0 fully saturated rings. The zero-order valence-corrected chi connectivity index (χ0v) is 13.5. The first kappa shape index (κ1) is 17.2. The largest absolute Gasteiger partial charge is 0.483 e. The molecule has 0 heterocycles. The molecule has 0 aromatic heterocycles. The van der Waals surface area contributed by atoms with Crippen molar-refractivity contribution in [3.8, 4) is 5.75 Å². The van der Waals surface area contributed by atoms with E-state index in [1.807, 2.05) is 29.5 Å². The van der Waals surface area contributed by atoms with Crippen LogP contribution >= 0.6 is 22.6 Å². The average Bonchev–Trinajstić information content (AvgIpc) is 2.43. The van der Waals surface area contributed by atoms with Crippen molar-refractivity contribution >= 4 is 40.5 Å². The Balaban J connectivity index is 2.57. The van der Waals surface area contributed by atoms with Crippen LogP contribution in [0.2, 0.25) is 0 Å². The molecule has 0 atom stereocenters. The summed E-state index contributed by atoms with van der Waals surface area (Å²) in [5, 5.41) is 13.6. The maximum atomic E-state index is 11.5. The highest BCUT2D eigenvalue weighted by atomic mass is 127. The summed E-state index contributed by atoms with van der Waals surface area (Å²) in [5.41, 5.74) is -0.0369. The van der Waals surface area contributed by atoms with Crippen LogP contribution in [0.15, 0.2) is 18.2 Å². The molecule has 0 aliphatic carbocycles. The van der Waals surface area contributed by atoms with Crippen LogP contribution in [0.3, 0.4) is 0 Å². The molecule has 1 aromatic rings. The van der Waals surface area contributed by atoms with E-state index in [1.165, 1.54) is 12.1 Å². The van der Waals surface area contributed by atoms with Crippen molar-refractivity contribution < 1.29 is 24.2 Å². The number of hydrogen-bond acceptors (Lipinski definition) is 4. The fourth-order valence-electron chi connectivity index (χ4n) is 1.38. The van der Waals surface area contributed by atoms with Crippen LogP contribution < -0.4 is 15.4 Å². The number of hydrogen-bond donors (Lipinski definition) is 3. The van der Waals surface area contributed by atoms with Gasteiger partial charge in [-0.2, -0.15) is 0 Å². The molecule has 0 spiro atoms. The number of carbonyl (C=O) groups is 3. The van der Waals surface area contributed by atoms with Crippen molar-refractivity contribution in [2.75, 3.05) is 13.2 Å². The van der Waals surface area contributed by atoms with Crippen LogP contribution in [0, 0.1) is 3.57 Å². The molecule has 0 radical (unpaired) electrons. The molecule has 0 aliphatic heterocycles. The number of halogens is 1. The van der Waals surface area contributed by atoms with Gasteiger partial charge in [-0.1, -0.05) is 6.92 Å². The van der Waals surface area contributed by atoms with E-state index >= 15 is 0 Å². The minimum Gasteiger partial charge on any atom is -0.483 e. The number of carboxylic acid groups (broad SMARTS) is 1. The number of aromatic carboxylic acids is 1. The molecule has 0 saturated carbocycles. The Morgan fingerprint density at radius 3 is 2.67 bits per heavy atom. The highest BCUT2D eigenvalue weighted by Crippen LogP contribution is 2.21. The van der Waals surface area contributed by atoms with Crippen molar-refractivity contribution in [3.05, 3.63) is 27.3 Å². The summed E-state index contributed by atoms with van der Waals surface area (Å²) in [6.07, 6.45) is 0.753. The predicted molar refractivity (Wildman–Crippen MR) is 83.4 cm³/mol. The van der Waals surface area contributed by atoms with E-state index in [4.69, 9.17) is 9.84 Å². The molecule has 0 saturated heterocycles. The maximum Gasteiger partial charge on any atom is 0.339 e. The second-order valence-corrected chi connectivity index (χ2v) is 5.28. The first-order valence-corrected chi connectivity index (χ1v) is 7.25. The van der Waals surface area contributed by atoms with Gasteiger partial charge in [-0.25, -0.2) is 9.59 Å². The molecule has 3 amide bonds. The lowest BCUT2D eigenvalue weighted by atomic mass is 10.2. The predicted octanol–water partition coefficient (Wildman–Crippen LogP) is 1.60. The van der Waals surface area contributed by atoms with Gasteiger partial charge in [-0.15, -0.1) is 0 Å². The number of imide groups is 1. The van der Waals surface area contributed by atoms with Gasteiger partial charge in [0.15, 0.2) is 6.61 Å². The summed E-state index contributed by atoms with van der Waals surface area (Å²) in [6.45, 7) is 1.90. The Morgan fingerprint density at radius 1 is 1.33 bits per heavy atom. The number of urea groups is 1. The lowest BCUT2D eigenvalue weighted by molar-refractivity contribution is -0.122. The van der Waals surface area contributed by atoms with Gasteiger partial charge in [0.05, 0.1) is 0 Å². The quantitative estimate of drug-likeness (QED) is 0.623. The van der Waals surface area contributed by atoms with Crippen molar-refractivity contribution in [2.45, 2.75) is 13.3 Å². The number of ether oxygens (including phenoxy) is 1. The summed E-state index contributed by atoms with van der Waals surface area (Å²) < 4.78 is 5.88. The lowest BCUT2D eigenvalue weighted by Crippen LogP contribution is -2.41. The molecular formula is C13H15IN2O5. The van der Waals surface area contributed by atoms with Crippen molar-refractivity contribution in [3.63, 3.8) is 0 Å². The minimum atomic E-state index is -1.15. The van der Waals surface area contributed by atoms with Crippen molar-refractivity contribution in [1.29, 1.82) is 0 Å².